The molecule has 132 valence electrons. The smallest absolute Gasteiger partial charge is 0.220 e. The monoisotopic (exact) mass is 400 g/mol. The second-order valence-electron chi connectivity index (χ2n) is 6.60. The van der Waals surface area contributed by atoms with Gasteiger partial charge in [0.25, 0.3) is 0 Å². The first-order chi connectivity index (χ1) is 12.2. The number of hydrogen-bond donors (Lipinski definition) is 1. The SMILES string of the molecule is O=C(CCc1cccc(Br)c1)NCC(c1ccccc1)N1CCCC1. The second-order valence-corrected chi connectivity index (χ2v) is 7.52. The Morgan fingerprint density at radius 2 is 1.84 bits per heavy atom. The van der Waals surface area contributed by atoms with Crippen molar-refractivity contribution in [2.75, 3.05) is 19.6 Å². The molecule has 1 heterocycles. The number of carbonyl (C=O) groups is 1. The van der Waals surface area contributed by atoms with Gasteiger partial charge < -0.3 is 5.32 Å². The van der Waals surface area contributed by atoms with Crippen LogP contribution < -0.4 is 5.32 Å². The van der Waals surface area contributed by atoms with Crippen LogP contribution in [0.25, 0.3) is 0 Å². The van der Waals surface area contributed by atoms with Crippen LogP contribution in [0.3, 0.4) is 0 Å². The molecule has 0 bridgehead atoms. The topological polar surface area (TPSA) is 32.3 Å². The van der Waals surface area contributed by atoms with E-state index in [-0.39, 0.29) is 11.9 Å². The number of halogens is 1. The summed E-state index contributed by atoms with van der Waals surface area (Å²) in [6.45, 7) is 2.92. The molecule has 0 spiro atoms. The average molecular weight is 401 g/mol. The van der Waals surface area contributed by atoms with Gasteiger partial charge in [0, 0.05) is 17.4 Å². The fraction of sp³-hybridized carbons (Fsp3) is 0.381. The van der Waals surface area contributed by atoms with Crippen molar-refractivity contribution >= 4 is 21.8 Å². The fourth-order valence-electron chi connectivity index (χ4n) is 3.44. The van der Waals surface area contributed by atoms with Gasteiger partial charge in [-0.15, -0.1) is 0 Å². The van der Waals surface area contributed by atoms with Gasteiger partial charge in [-0.25, -0.2) is 0 Å². The molecule has 1 N–H and O–H groups in total. The molecule has 0 saturated carbocycles. The molecule has 1 amide bonds. The van der Waals surface area contributed by atoms with E-state index in [0.717, 1.165) is 24.0 Å². The van der Waals surface area contributed by atoms with Crippen molar-refractivity contribution in [2.24, 2.45) is 0 Å². The van der Waals surface area contributed by atoms with E-state index in [9.17, 15) is 4.79 Å². The first kappa shape index (κ1) is 18.2. The Bertz CT molecular complexity index is 683. The summed E-state index contributed by atoms with van der Waals surface area (Å²) >= 11 is 3.48. The van der Waals surface area contributed by atoms with E-state index in [4.69, 9.17) is 0 Å². The summed E-state index contributed by atoms with van der Waals surface area (Å²) < 4.78 is 1.06. The summed E-state index contributed by atoms with van der Waals surface area (Å²) in [7, 11) is 0. The molecule has 4 heteroatoms. The van der Waals surface area contributed by atoms with Crippen molar-refractivity contribution < 1.29 is 4.79 Å². The minimum Gasteiger partial charge on any atom is -0.354 e. The molecule has 25 heavy (non-hydrogen) atoms. The predicted octanol–water partition coefficient (Wildman–Crippen LogP) is 4.34. The predicted molar refractivity (Wildman–Crippen MR) is 105 cm³/mol. The van der Waals surface area contributed by atoms with Crippen LogP contribution >= 0.6 is 15.9 Å². The van der Waals surface area contributed by atoms with Gasteiger partial charge in [-0.1, -0.05) is 58.4 Å². The molecule has 2 aromatic carbocycles. The molecule has 0 aliphatic carbocycles. The molecule has 1 aliphatic rings. The number of carbonyl (C=O) groups excluding carboxylic acids is 1. The maximum Gasteiger partial charge on any atom is 0.220 e. The van der Waals surface area contributed by atoms with Crippen LogP contribution in [-0.4, -0.2) is 30.4 Å². The zero-order valence-corrected chi connectivity index (χ0v) is 16.0. The number of nitrogens with zero attached hydrogens (tertiary/aromatic N) is 1. The Balaban J connectivity index is 1.54. The highest BCUT2D eigenvalue weighted by atomic mass is 79.9. The molecule has 1 unspecified atom stereocenters. The Labute approximate surface area is 158 Å². The van der Waals surface area contributed by atoms with Gasteiger partial charge in [-0.3, -0.25) is 9.69 Å². The lowest BCUT2D eigenvalue weighted by Crippen LogP contribution is -2.36. The standard InChI is InChI=1S/C21H25BrN2O/c22-19-10-6-7-17(15-19)11-12-21(25)23-16-20(24-13-4-5-14-24)18-8-2-1-3-9-18/h1-3,6-10,15,20H,4-5,11-14,16H2,(H,23,25). The number of hydrogen-bond acceptors (Lipinski definition) is 2. The third kappa shape index (κ3) is 5.41. The minimum atomic E-state index is 0.125. The van der Waals surface area contributed by atoms with Gasteiger partial charge in [0.1, 0.15) is 0 Å². The van der Waals surface area contributed by atoms with Crippen molar-refractivity contribution in [3.8, 4) is 0 Å². The molecule has 1 saturated heterocycles. The molecule has 1 fully saturated rings. The fourth-order valence-corrected chi connectivity index (χ4v) is 3.88. The summed E-state index contributed by atoms with van der Waals surface area (Å²) in [4.78, 5) is 14.8. The highest BCUT2D eigenvalue weighted by molar-refractivity contribution is 9.10. The zero-order valence-electron chi connectivity index (χ0n) is 14.5. The van der Waals surface area contributed by atoms with Gasteiger partial charge in [0.15, 0.2) is 0 Å². The lowest BCUT2D eigenvalue weighted by atomic mass is 10.1. The van der Waals surface area contributed by atoms with Gasteiger partial charge in [-0.2, -0.15) is 0 Å². The lowest BCUT2D eigenvalue weighted by molar-refractivity contribution is -0.121. The summed E-state index contributed by atoms with van der Waals surface area (Å²) in [5.41, 5.74) is 2.47. The van der Waals surface area contributed by atoms with Crippen molar-refractivity contribution in [1.29, 1.82) is 0 Å². The van der Waals surface area contributed by atoms with Crippen molar-refractivity contribution in [1.82, 2.24) is 10.2 Å². The van der Waals surface area contributed by atoms with Gasteiger partial charge in [-0.05, 0) is 55.6 Å². The molecular weight excluding hydrogens is 376 g/mol. The first-order valence-electron chi connectivity index (χ1n) is 9.02. The van der Waals surface area contributed by atoms with Crippen molar-refractivity contribution in [3.05, 3.63) is 70.2 Å². The lowest BCUT2D eigenvalue weighted by Gasteiger charge is -2.28. The van der Waals surface area contributed by atoms with E-state index in [0.29, 0.717) is 13.0 Å². The van der Waals surface area contributed by atoms with Crippen molar-refractivity contribution in [2.45, 2.75) is 31.7 Å². The Morgan fingerprint density at radius 3 is 2.56 bits per heavy atom. The number of rotatable bonds is 7. The largest absolute Gasteiger partial charge is 0.354 e. The normalized spacial score (nSPS) is 15.9. The summed E-state index contributed by atoms with van der Waals surface area (Å²) in [5.74, 6) is 0.125. The van der Waals surface area contributed by atoms with Gasteiger partial charge >= 0.3 is 0 Å². The molecule has 1 aliphatic heterocycles. The van der Waals surface area contributed by atoms with Gasteiger partial charge in [0.05, 0.1) is 6.04 Å². The van der Waals surface area contributed by atoms with E-state index in [1.54, 1.807) is 0 Å². The van der Waals surface area contributed by atoms with Crippen LogP contribution in [0.15, 0.2) is 59.1 Å². The average Bonchev–Trinajstić information content (AvgIpc) is 3.15. The first-order valence-corrected chi connectivity index (χ1v) is 9.82. The molecular formula is C21H25BrN2O. The highest BCUT2D eigenvalue weighted by Crippen LogP contribution is 2.24. The van der Waals surface area contributed by atoms with E-state index in [1.165, 1.54) is 24.0 Å². The number of amides is 1. The number of benzene rings is 2. The van der Waals surface area contributed by atoms with E-state index >= 15 is 0 Å². The van der Waals surface area contributed by atoms with Crippen LogP contribution in [0, 0.1) is 0 Å². The molecule has 3 rings (SSSR count). The molecule has 0 aromatic heterocycles. The van der Waals surface area contributed by atoms with Crippen LogP contribution in [0.2, 0.25) is 0 Å². The molecule has 1 atom stereocenters. The summed E-state index contributed by atoms with van der Waals surface area (Å²) in [6.07, 6.45) is 3.79. The van der Waals surface area contributed by atoms with Crippen molar-refractivity contribution in [3.63, 3.8) is 0 Å². The summed E-state index contributed by atoms with van der Waals surface area (Å²) in [5, 5.41) is 3.15. The third-order valence-electron chi connectivity index (χ3n) is 4.79. The quantitative estimate of drug-likeness (QED) is 0.749. The number of nitrogens with one attached hydrogen (secondary N) is 1. The van der Waals surface area contributed by atoms with E-state index in [2.05, 4.69) is 62.5 Å². The number of likely N-dealkylation sites (tertiary alicyclic amines) is 1. The molecule has 3 nitrogen and oxygen atoms in total. The van der Waals surface area contributed by atoms with Crippen LogP contribution in [0.1, 0.15) is 36.4 Å². The molecule has 2 aromatic rings. The van der Waals surface area contributed by atoms with E-state index < -0.39 is 0 Å². The second kappa shape index (κ2) is 9.16. The Hall–Kier alpha value is -1.65. The highest BCUT2D eigenvalue weighted by Gasteiger charge is 2.23. The maximum absolute atomic E-state index is 12.3. The maximum atomic E-state index is 12.3. The molecule has 0 radical (unpaired) electrons. The zero-order chi connectivity index (χ0) is 17.5. The van der Waals surface area contributed by atoms with Crippen LogP contribution in [-0.2, 0) is 11.2 Å². The Kier molecular flexibility index (Phi) is 6.65. The Morgan fingerprint density at radius 1 is 1.08 bits per heavy atom. The van der Waals surface area contributed by atoms with E-state index in [1.807, 2.05) is 18.2 Å². The summed E-state index contributed by atoms with van der Waals surface area (Å²) in [6, 6.07) is 19.0. The third-order valence-corrected chi connectivity index (χ3v) is 5.28. The number of aryl methyl sites for hydroxylation is 1. The van der Waals surface area contributed by atoms with Gasteiger partial charge in [0.2, 0.25) is 5.91 Å². The van der Waals surface area contributed by atoms with Crippen LogP contribution in [0.4, 0.5) is 0 Å². The van der Waals surface area contributed by atoms with Crippen LogP contribution in [0.5, 0.6) is 0 Å². The minimum absolute atomic E-state index is 0.125.